The van der Waals surface area contributed by atoms with Crippen molar-refractivity contribution in [3.8, 4) is 0 Å². The number of carbonyl (C=O) groups excluding carboxylic acids is 12. The average molecular weight is 1740 g/mol. The molecule has 8 atom stereocenters. The maximum Gasteiger partial charge on any atom is 0.326 e. The first-order valence-electron chi connectivity index (χ1n) is 48.5. The van der Waals surface area contributed by atoms with Crippen molar-refractivity contribution in [2.45, 2.75) is 469 Å². The van der Waals surface area contributed by atoms with Crippen molar-refractivity contribution in [2.75, 3.05) is 26.2 Å². The third-order valence-electron chi connectivity index (χ3n) is 23.8. The highest BCUT2D eigenvalue weighted by Gasteiger charge is 2.31. The molecule has 710 valence electrons. The van der Waals surface area contributed by atoms with Gasteiger partial charge < -0.3 is 69.6 Å². The molecule has 123 heavy (non-hydrogen) atoms. The summed E-state index contributed by atoms with van der Waals surface area (Å²) in [5, 5.41) is 42.1. The monoisotopic (exact) mass is 1740 g/mol. The van der Waals surface area contributed by atoms with Gasteiger partial charge in [-0.1, -0.05) is 226 Å². The molecule has 16 N–H and O–H groups in total. The van der Waals surface area contributed by atoms with Gasteiger partial charge in [0, 0.05) is 114 Å². The van der Waals surface area contributed by atoms with Crippen LogP contribution in [0.3, 0.4) is 0 Å². The first kappa shape index (κ1) is 116. The predicted molar refractivity (Wildman–Crippen MR) is 486 cm³/mol. The van der Waals surface area contributed by atoms with Crippen molar-refractivity contribution in [3.63, 3.8) is 0 Å². The molecule has 27 heteroatoms. The number of ketones is 7. The van der Waals surface area contributed by atoms with E-state index in [0.29, 0.717) is 180 Å². The molecule has 0 radical (unpaired) electrons. The second kappa shape index (κ2) is 76.5. The highest BCUT2D eigenvalue weighted by atomic mass is 16.4. The lowest BCUT2D eigenvalue weighted by Crippen LogP contribution is -2.42. The van der Waals surface area contributed by atoms with Gasteiger partial charge in [0.2, 0.25) is 29.5 Å². The van der Waals surface area contributed by atoms with Gasteiger partial charge in [0.05, 0.1) is 30.1 Å². The quantitative estimate of drug-likeness (QED) is 0.0252. The number of nitrogens with one attached hydrogen (secondary N) is 5. The molecule has 0 spiro atoms. The van der Waals surface area contributed by atoms with E-state index in [1.807, 2.05) is 0 Å². The summed E-state index contributed by atoms with van der Waals surface area (Å²) >= 11 is 0. The van der Waals surface area contributed by atoms with E-state index in [0.717, 1.165) is 89.9 Å². The summed E-state index contributed by atoms with van der Waals surface area (Å²) in [5.74, 6) is -6.87. The van der Waals surface area contributed by atoms with Crippen molar-refractivity contribution in [3.05, 3.63) is 0 Å². The smallest absolute Gasteiger partial charge is 0.326 e. The number of Topliss-reactive ketones (excluding diaryl/α,β-unsaturated/α-hetero) is 7. The molecule has 0 aromatic heterocycles. The largest absolute Gasteiger partial charge is 0.481 e. The number of hydrogen-bond donors (Lipinski definition) is 12. The summed E-state index contributed by atoms with van der Waals surface area (Å²) in [7, 11) is 0. The van der Waals surface area contributed by atoms with Crippen LogP contribution in [0.15, 0.2) is 0 Å². The van der Waals surface area contributed by atoms with Crippen LogP contribution in [-0.4, -0.2) is 160 Å². The second-order valence-electron chi connectivity index (χ2n) is 36.4. The van der Waals surface area contributed by atoms with Crippen molar-refractivity contribution in [1.29, 1.82) is 0 Å². The molecule has 5 amide bonds. The predicted octanol–water partition coefficient (Wildman–Crippen LogP) is 16.0. The Morgan fingerprint density at radius 2 is 0.618 bits per heavy atom. The van der Waals surface area contributed by atoms with E-state index in [4.69, 9.17) is 28.0 Å². The van der Waals surface area contributed by atoms with Crippen LogP contribution in [0, 0.1) is 23.2 Å². The molecule has 0 saturated heterocycles. The number of hydrogen-bond acceptors (Lipinski definition) is 19. The molecular formula is C96H173N9O18. The Bertz CT molecular complexity index is 2960. The summed E-state index contributed by atoms with van der Waals surface area (Å²) in [5.41, 5.74) is 24.1. The summed E-state index contributed by atoms with van der Waals surface area (Å²) in [6, 6.07) is -4.03. The molecule has 0 heterocycles. The summed E-state index contributed by atoms with van der Waals surface area (Å²) in [4.78, 5) is 187. The molecule has 0 saturated carbocycles. The minimum atomic E-state index is -1.17. The lowest BCUT2D eigenvalue weighted by atomic mass is 9.79. The molecule has 0 fully saturated rings. The van der Waals surface area contributed by atoms with Gasteiger partial charge in [0.15, 0.2) is 0 Å². The summed E-state index contributed by atoms with van der Waals surface area (Å²) in [6.45, 7) is 9.88. The third kappa shape index (κ3) is 70.1. The van der Waals surface area contributed by atoms with Gasteiger partial charge in [-0.15, -0.1) is 0 Å². The summed E-state index contributed by atoms with van der Waals surface area (Å²) < 4.78 is 0. The highest BCUT2D eigenvalue weighted by Crippen LogP contribution is 2.28. The highest BCUT2D eigenvalue weighted by molar-refractivity contribution is 5.93. The Labute approximate surface area is 739 Å². The minimum absolute atomic E-state index is 0.00330. The topological polar surface area (TPSA) is 481 Å². The van der Waals surface area contributed by atoms with Gasteiger partial charge in [-0.25, -0.2) is 4.79 Å². The normalized spacial score (nSPS) is 13.5. The van der Waals surface area contributed by atoms with E-state index in [1.165, 1.54) is 103 Å². The SMILES string of the molecule is CC(=O)CCCCCCCCCCCCCCCCCCC(=O)C[C@@H](CCC(=O)NCCCC[C@H](N)C(=O)CCCCC[C@H](N)C(=O)NCCCC[C@H](CC(=O)[C@H](CCCCNC(=O)[C@@H](N)CCCCNC(=O)[C@@H](N)CCCCCC(=O)CC[C@H](NC(=O)CCCCCCCCCCCCCCCCC(=O)O)C(=O)O)CC(=O)C(C)(C)C)C(C)=O)C(=O)O. The Morgan fingerprint density at radius 1 is 0.276 bits per heavy atom. The van der Waals surface area contributed by atoms with Gasteiger partial charge in [0.1, 0.15) is 46.5 Å². The molecule has 0 bridgehead atoms. The van der Waals surface area contributed by atoms with E-state index >= 15 is 0 Å². The number of unbranched alkanes of at least 4 members (excludes halogenated alkanes) is 36. The number of carbonyl (C=O) groups is 15. The molecule has 27 nitrogen and oxygen atoms in total. The fraction of sp³-hybridized carbons (Fsp3) is 0.844. The van der Waals surface area contributed by atoms with E-state index in [2.05, 4.69) is 26.6 Å². The van der Waals surface area contributed by atoms with Crippen LogP contribution in [0.4, 0.5) is 0 Å². The molecule has 0 aromatic rings. The van der Waals surface area contributed by atoms with Crippen LogP contribution in [0.1, 0.15) is 439 Å². The first-order chi connectivity index (χ1) is 58.7. The number of aliphatic carboxylic acids is 3. The van der Waals surface area contributed by atoms with Crippen LogP contribution < -0.4 is 49.5 Å². The first-order valence-corrected chi connectivity index (χ1v) is 48.5. The number of carboxylic acids is 3. The van der Waals surface area contributed by atoms with Gasteiger partial charge in [-0.2, -0.15) is 0 Å². The Kier molecular flexibility index (Phi) is 72.3. The molecule has 0 unspecified atom stereocenters. The van der Waals surface area contributed by atoms with E-state index < -0.39 is 71.3 Å². The molecule has 0 aliphatic carbocycles. The Balaban J connectivity index is 4.39. The van der Waals surface area contributed by atoms with Crippen LogP contribution in [0.25, 0.3) is 0 Å². The average Bonchev–Trinajstić information content (AvgIpc) is 0.867. The lowest BCUT2D eigenvalue weighted by molar-refractivity contribution is -0.144. The number of nitrogens with two attached hydrogens (primary N) is 4. The molecule has 0 aliphatic heterocycles. The maximum atomic E-state index is 13.9. The zero-order chi connectivity index (χ0) is 91.7. The molecular weight excluding hydrogens is 1570 g/mol. The standard InChI is InChI=1S/C96H173N9O18/c1-73(106)50-34-28-24-20-16-12-8-6-7-9-13-17-21-25-29-35-54-79(109)70-77(94(120)121)62-65-88(113)101-66-48-44-55-80(97)85(110)59-39-33-38-57-82(99)91(117)102-67-46-42-51-75(74(2)107)71-86(111)76(72-87(112)96(3,4)5)52-43-47-68-103-93(119)83(100)58-45-49-69-104-92(118)81(98)56-37-32-36-53-78(108)63-64-84(95(122)123)105-89(114)60-40-30-26-22-18-14-10-11-15-19-23-27-31-41-61-90(115)116/h75-77,80-84H,6-72,97-100H2,1-5H3,(H,101,113)(H,102,117)(H,103,119)(H,104,118)(H,105,114)(H,115,116)(H,120,121)(H,122,123)/t75-,76-,77-,80+,81+,82+,83+,84+/m1/s1. The van der Waals surface area contributed by atoms with Crippen molar-refractivity contribution >= 4 is 87.9 Å². The van der Waals surface area contributed by atoms with Crippen molar-refractivity contribution in [2.24, 2.45) is 46.1 Å². The van der Waals surface area contributed by atoms with E-state index in [1.54, 1.807) is 27.7 Å². The Morgan fingerprint density at radius 3 is 1.01 bits per heavy atom. The number of rotatable bonds is 89. The number of carboxylic acid groups (broad SMARTS) is 3. The number of amides is 5. The molecule has 0 rings (SSSR count). The second-order valence-corrected chi connectivity index (χ2v) is 36.4. The van der Waals surface area contributed by atoms with Crippen LogP contribution in [0.2, 0.25) is 0 Å². The molecule has 0 aromatic carbocycles. The maximum absolute atomic E-state index is 13.9. The summed E-state index contributed by atoms with van der Waals surface area (Å²) in [6.07, 6.45) is 46.6. The fourth-order valence-corrected chi connectivity index (χ4v) is 15.4. The zero-order valence-corrected chi connectivity index (χ0v) is 77.3. The minimum Gasteiger partial charge on any atom is -0.481 e. The lowest BCUT2D eigenvalue weighted by Gasteiger charge is -2.23. The van der Waals surface area contributed by atoms with Crippen LogP contribution >= 0.6 is 0 Å². The van der Waals surface area contributed by atoms with E-state index in [-0.39, 0.29) is 134 Å². The van der Waals surface area contributed by atoms with Crippen LogP contribution in [-0.2, 0) is 71.9 Å². The Hall–Kier alpha value is -6.71. The van der Waals surface area contributed by atoms with Gasteiger partial charge in [-0.3, -0.25) is 62.3 Å². The van der Waals surface area contributed by atoms with E-state index in [9.17, 15) is 82.1 Å². The van der Waals surface area contributed by atoms with Gasteiger partial charge in [-0.05, 0) is 142 Å². The third-order valence-corrected chi connectivity index (χ3v) is 23.8. The van der Waals surface area contributed by atoms with Crippen LogP contribution in [0.5, 0.6) is 0 Å². The van der Waals surface area contributed by atoms with Gasteiger partial charge in [0.25, 0.3) is 0 Å². The fourth-order valence-electron chi connectivity index (χ4n) is 15.4. The molecule has 0 aliphatic rings. The van der Waals surface area contributed by atoms with Crippen molar-refractivity contribution < 1.29 is 87.2 Å². The van der Waals surface area contributed by atoms with Gasteiger partial charge >= 0.3 is 17.9 Å². The zero-order valence-electron chi connectivity index (χ0n) is 77.3. The van der Waals surface area contributed by atoms with Crippen molar-refractivity contribution in [1.82, 2.24) is 26.6 Å².